The Morgan fingerprint density at radius 1 is 0.962 bits per heavy atom. The first-order chi connectivity index (χ1) is 12.2. The van der Waals surface area contributed by atoms with Gasteiger partial charge in [-0.05, 0) is 0 Å². The van der Waals surface area contributed by atoms with Crippen molar-refractivity contribution in [3.63, 3.8) is 0 Å². The summed E-state index contributed by atoms with van der Waals surface area (Å²) < 4.78 is 6.72. The third kappa shape index (κ3) is 3.58. The highest BCUT2D eigenvalue weighted by atomic mass is 79.9. The van der Waals surface area contributed by atoms with Gasteiger partial charge in [-0.15, -0.1) is 0 Å². The minimum absolute atomic E-state index is 0. The van der Waals surface area contributed by atoms with Crippen molar-refractivity contribution in [2.24, 2.45) is 5.92 Å². The molecule has 0 radical (unpaired) electrons. The molecule has 5 rings (SSSR count). The van der Waals surface area contributed by atoms with Crippen LogP contribution >= 0.6 is 0 Å². The lowest BCUT2D eigenvalue weighted by Gasteiger charge is -2.55. The molecule has 0 N–H and O–H groups in total. The van der Waals surface area contributed by atoms with Gasteiger partial charge in [0.05, 0.1) is 13.1 Å². The number of hydrogen-bond donors (Lipinski definition) is 0. The fourth-order valence-corrected chi connectivity index (χ4v) is 4.97. The van der Waals surface area contributed by atoms with Gasteiger partial charge in [-0.3, -0.25) is 4.79 Å². The van der Waals surface area contributed by atoms with E-state index < -0.39 is 0 Å². The maximum Gasteiger partial charge on any atom is 0.303 e. The van der Waals surface area contributed by atoms with E-state index in [1.54, 1.807) is 0 Å². The predicted molar refractivity (Wildman–Crippen MR) is 97.9 cm³/mol. The molecule has 138 valence electrons. The van der Waals surface area contributed by atoms with Crippen LogP contribution in [0.5, 0.6) is 0 Å². The lowest BCUT2D eigenvalue weighted by molar-refractivity contribution is -0.968. The van der Waals surface area contributed by atoms with E-state index in [0.29, 0.717) is 12.0 Å². The van der Waals surface area contributed by atoms with Gasteiger partial charge in [-0.1, -0.05) is 60.7 Å². The summed E-state index contributed by atoms with van der Waals surface area (Å²) in [4.78, 5) is 11.6. The smallest absolute Gasteiger partial charge is 0.303 e. The van der Waals surface area contributed by atoms with E-state index in [4.69, 9.17) is 4.74 Å². The first-order valence-corrected chi connectivity index (χ1v) is 9.31. The van der Waals surface area contributed by atoms with Crippen molar-refractivity contribution < 1.29 is 31.0 Å². The van der Waals surface area contributed by atoms with Crippen LogP contribution in [0, 0.1) is 5.92 Å². The highest BCUT2D eigenvalue weighted by molar-refractivity contribution is 5.66. The van der Waals surface area contributed by atoms with Gasteiger partial charge in [-0.2, -0.15) is 0 Å². The third-order valence-corrected chi connectivity index (χ3v) is 6.06. The van der Waals surface area contributed by atoms with Crippen molar-refractivity contribution in [3.05, 3.63) is 71.8 Å². The largest absolute Gasteiger partial charge is 1.00 e. The molecule has 1 unspecified atom stereocenters. The fraction of sp³-hybridized carbons (Fsp3) is 0.409. The number of esters is 1. The van der Waals surface area contributed by atoms with Gasteiger partial charge in [0.2, 0.25) is 0 Å². The molecule has 2 bridgehead atoms. The Balaban J connectivity index is 0.00000196. The molecule has 3 nitrogen and oxygen atoms in total. The van der Waals surface area contributed by atoms with Crippen LogP contribution in [0.25, 0.3) is 0 Å². The number of fused-ring (bicyclic) bond motifs is 3. The van der Waals surface area contributed by atoms with Gasteiger partial charge in [0.15, 0.2) is 6.10 Å². The summed E-state index contributed by atoms with van der Waals surface area (Å²) >= 11 is 0. The number of nitrogens with zero attached hydrogens (tertiary/aromatic N) is 1. The van der Waals surface area contributed by atoms with Crippen molar-refractivity contribution in [2.45, 2.75) is 31.9 Å². The Morgan fingerprint density at radius 3 is 1.92 bits per heavy atom. The Hall–Kier alpha value is -1.65. The van der Waals surface area contributed by atoms with Crippen LogP contribution < -0.4 is 17.0 Å². The first kappa shape index (κ1) is 19.1. The van der Waals surface area contributed by atoms with Gasteiger partial charge in [-0.25, -0.2) is 0 Å². The van der Waals surface area contributed by atoms with E-state index in [9.17, 15) is 4.79 Å². The van der Waals surface area contributed by atoms with Gasteiger partial charge in [0, 0.05) is 36.8 Å². The van der Waals surface area contributed by atoms with Crippen LogP contribution in [0.3, 0.4) is 0 Å². The van der Waals surface area contributed by atoms with Crippen LogP contribution in [-0.2, 0) is 9.53 Å². The average Bonchev–Trinajstić information content (AvgIpc) is 2.64. The number of carbonyl (C=O) groups excluding carboxylic acids is 1. The number of quaternary nitrogens is 1. The van der Waals surface area contributed by atoms with Crippen LogP contribution in [0.1, 0.15) is 36.9 Å². The first-order valence-electron chi connectivity index (χ1n) is 9.31. The Bertz CT molecular complexity index is 687. The molecule has 0 aliphatic carbocycles. The Labute approximate surface area is 166 Å². The molecule has 0 aromatic heterocycles. The molecule has 3 aliphatic heterocycles. The second kappa shape index (κ2) is 7.93. The highest BCUT2D eigenvalue weighted by Gasteiger charge is 2.51. The molecule has 0 amide bonds. The summed E-state index contributed by atoms with van der Waals surface area (Å²) in [6.07, 6.45) is 2.36. The maximum atomic E-state index is 11.6. The molecule has 0 spiro atoms. The average molecular weight is 416 g/mol. The fourth-order valence-electron chi connectivity index (χ4n) is 4.97. The van der Waals surface area contributed by atoms with Crippen molar-refractivity contribution in [1.29, 1.82) is 0 Å². The van der Waals surface area contributed by atoms with E-state index in [-0.39, 0.29) is 29.1 Å². The number of benzene rings is 2. The van der Waals surface area contributed by atoms with E-state index in [2.05, 4.69) is 60.7 Å². The minimum atomic E-state index is -0.145. The molecule has 2 aromatic carbocycles. The molecule has 3 saturated heterocycles. The molecule has 4 heteroatoms. The summed E-state index contributed by atoms with van der Waals surface area (Å²) in [5.74, 6) is 0.393. The Kier molecular flexibility index (Phi) is 5.83. The van der Waals surface area contributed by atoms with Gasteiger partial charge in [0.25, 0.3) is 0 Å². The third-order valence-electron chi connectivity index (χ3n) is 6.06. The summed E-state index contributed by atoms with van der Waals surface area (Å²) in [7, 11) is 0. The molecule has 3 fully saturated rings. The van der Waals surface area contributed by atoms with E-state index in [1.165, 1.54) is 18.1 Å². The normalized spacial score (nSPS) is 27.0. The molecule has 1 atom stereocenters. The molecule has 0 saturated carbocycles. The molecule has 3 heterocycles. The molecule has 2 aromatic rings. The Morgan fingerprint density at radius 2 is 1.46 bits per heavy atom. The standard InChI is InChI=1S/C22H26NO2.BrH/c1-17(24)25-21-16-23(14-12-18(21)13-15-23)22(19-8-4-2-5-9-19)20-10-6-3-7-11-20;/h2-11,18,21-22H,12-16H2,1H3;1H/q+1;/p-1. The monoisotopic (exact) mass is 415 g/mol. The number of hydrogen-bond acceptors (Lipinski definition) is 2. The number of rotatable bonds is 4. The van der Waals surface area contributed by atoms with Crippen molar-refractivity contribution in [2.75, 3.05) is 19.6 Å². The van der Waals surface area contributed by atoms with Crippen LogP contribution in [0.15, 0.2) is 60.7 Å². The zero-order valence-corrected chi connectivity index (χ0v) is 16.8. The highest BCUT2D eigenvalue weighted by Crippen LogP contribution is 2.45. The van der Waals surface area contributed by atoms with Gasteiger partial charge in [0.1, 0.15) is 12.6 Å². The molecule has 26 heavy (non-hydrogen) atoms. The number of piperidine rings is 3. The second-order valence-electron chi connectivity index (χ2n) is 7.56. The quantitative estimate of drug-likeness (QED) is 0.548. The zero-order chi connectivity index (χ0) is 17.3. The SMILES string of the molecule is CC(=O)OC1C[N+]2(C(c3ccccc3)c3ccccc3)CCC1CC2.[Br-]. The van der Waals surface area contributed by atoms with E-state index in [1.807, 2.05) is 0 Å². The maximum absolute atomic E-state index is 11.6. The van der Waals surface area contributed by atoms with Crippen molar-refractivity contribution in [1.82, 2.24) is 0 Å². The number of halogens is 1. The lowest BCUT2D eigenvalue weighted by Crippen LogP contribution is -3.00. The van der Waals surface area contributed by atoms with Crippen LogP contribution in [0.2, 0.25) is 0 Å². The van der Waals surface area contributed by atoms with E-state index >= 15 is 0 Å². The minimum Gasteiger partial charge on any atom is -1.00 e. The molecular weight excluding hydrogens is 390 g/mol. The molecular formula is C22H26BrNO2. The second-order valence-corrected chi connectivity index (χ2v) is 7.56. The lowest BCUT2D eigenvalue weighted by atomic mass is 9.79. The van der Waals surface area contributed by atoms with Gasteiger partial charge < -0.3 is 26.2 Å². The van der Waals surface area contributed by atoms with Gasteiger partial charge >= 0.3 is 5.97 Å². The van der Waals surface area contributed by atoms with Crippen LogP contribution in [-0.4, -0.2) is 36.2 Å². The summed E-state index contributed by atoms with van der Waals surface area (Å²) in [5.41, 5.74) is 2.71. The van der Waals surface area contributed by atoms with E-state index in [0.717, 1.165) is 37.0 Å². The summed E-state index contributed by atoms with van der Waals surface area (Å²) in [5, 5.41) is 0. The number of carbonyl (C=O) groups is 1. The summed E-state index contributed by atoms with van der Waals surface area (Å²) in [6, 6.07) is 21.9. The predicted octanol–water partition coefficient (Wildman–Crippen LogP) is 0.952. The zero-order valence-electron chi connectivity index (χ0n) is 15.2. The van der Waals surface area contributed by atoms with Crippen molar-refractivity contribution in [3.8, 4) is 0 Å². The van der Waals surface area contributed by atoms with Crippen molar-refractivity contribution >= 4 is 5.97 Å². The van der Waals surface area contributed by atoms with Crippen LogP contribution in [0.4, 0.5) is 0 Å². The number of ether oxygens (including phenoxy) is 1. The molecule has 3 aliphatic rings. The topological polar surface area (TPSA) is 26.3 Å². The summed E-state index contributed by atoms with van der Waals surface area (Å²) in [6.45, 7) is 4.79.